The van der Waals surface area contributed by atoms with Crippen LogP contribution in [0.15, 0.2) is 34.1 Å². The van der Waals surface area contributed by atoms with Crippen LogP contribution in [0.2, 0.25) is 0 Å². The molecular weight excluding hydrogens is 334 g/mol. The van der Waals surface area contributed by atoms with E-state index in [0.717, 1.165) is 16.7 Å². The molecule has 130 valence electrons. The number of Topliss-reactive ketones (excluding diaryl/α,β-unsaturated/α-hetero) is 1. The third-order valence-corrected chi connectivity index (χ3v) is 4.17. The SMILES string of the molecule is CC(C(=O)c1ccc(F)c(F)c1)n1cnc2c1c(=O)n(C)c(=O)n2C. The number of aromatic nitrogens is 4. The Morgan fingerprint density at radius 1 is 1.12 bits per heavy atom. The summed E-state index contributed by atoms with van der Waals surface area (Å²) in [4.78, 5) is 41.0. The number of fused-ring (bicyclic) bond motifs is 1. The number of nitrogens with zero attached hydrogens (tertiary/aromatic N) is 4. The Balaban J connectivity index is 2.16. The van der Waals surface area contributed by atoms with Crippen LogP contribution in [0.5, 0.6) is 0 Å². The highest BCUT2D eigenvalue weighted by Crippen LogP contribution is 2.19. The number of rotatable bonds is 3. The van der Waals surface area contributed by atoms with Crippen molar-refractivity contribution in [2.45, 2.75) is 13.0 Å². The first kappa shape index (κ1) is 16.7. The molecule has 0 bridgehead atoms. The number of carbonyl (C=O) groups is 1. The van der Waals surface area contributed by atoms with Gasteiger partial charge >= 0.3 is 5.69 Å². The third-order valence-electron chi connectivity index (χ3n) is 4.17. The van der Waals surface area contributed by atoms with Crippen molar-refractivity contribution in [2.75, 3.05) is 0 Å². The van der Waals surface area contributed by atoms with Crippen LogP contribution in [-0.4, -0.2) is 24.5 Å². The van der Waals surface area contributed by atoms with Gasteiger partial charge in [-0.3, -0.25) is 18.7 Å². The predicted octanol–water partition coefficient (Wildman–Crippen LogP) is 1.16. The highest BCUT2D eigenvalue weighted by Gasteiger charge is 2.23. The van der Waals surface area contributed by atoms with E-state index in [1.54, 1.807) is 0 Å². The molecule has 0 saturated carbocycles. The van der Waals surface area contributed by atoms with E-state index in [1.807, 2.05) is 0 Å². The molecule has 0 aliphatic heterocycles. The summed E-state index contributed by atoms with van der Waals surface area (Å²) in [6.45, 7) is 1.51. The minimum Gasteiger partial charge on any atom is -0.314 e. The lowest BCUT2D eigenvalue weighted by Crippen LogP contribution is -2.38. The fourth-order valence-electron chi connectivity index (χ4n) is 2.67. The molecule has 0 spiro atoms. The molecule has 0 aliphatic carbocycles. The molecule has 3 aromatic rings. The molecule has 0 radical (unpaired) electrons. The molecule has 2 heterocycles. The van der Waals surface area contributed by atoms with Crippen LogP contribution in [-0.2, 0) is 14.1 Å². The van der Waals surface area contributed by atoms with Crippen molar-refractivity contribution < 1.29 is 13.6 Å². The fraction of sp³-hybridized carbons (Fsp3) is 0.250. The van der Waals surface area contributed by atoms with Gasteiger partial charge in [-0.15, -0.1) is 0 Å². The van der Waals surface area contributed by atoms with Crippen molar-refractivity contribution in [1.29, 1.82) is 0 Å². The van der Waals surface area contributed by atoms with E-state index in [4.69, 9.17) is 0 Å². The molecule has 1 unspecified atom stereocenters. The number of benzene rings is 1. The second-order valence-electron chi connectivity index (χ2n) is 5.70. The van der Waals surface area contributed by atoms with Crippen LogP contribution in [0, 0.1) is 11.6 Å². The summed E-state index contributed by atoms with van der Waals surface area (Å²) in [5, 5.41) is 0. The first-order valence-electron chi connectivity index (χ1n) is 7.36. The first-order valence-corrected chi connectivity index (χ1v) is 7.36. The lowest BCUT2D eigenvalue weighted by molar-refractivity contribution is 0.0936. The quantitative estimate of drug-likeness (QED) is 0.666. The van der Waals surface area contributed by atoms with E-state index in [0.29, 0.717) is 0 Å². The first-order chi connectivity index (χ1) is 11.7. The Morgan fingerprint density at radius 3 is 2.44 bits per heavy atom. The summed E-state index contributed by atoms with van der Waals surface area (Å²) in [6, 6.07) is 1.94. The van der Waals surface area contributed by atoms with E-state index in [1.165, 1.54) is 42.5 Å². The van der Waals surface area contributed by atoms with E-state index in [2.05, 4.69) is 4.98 Å². The highest BCUT2D eigenvalue weighted by atomic mass is 19.2. The number of aryl methyl sites for hydroxylation is 1. The number of hydrogen-bond acceptors (Lipinski definition) is 4. The second-order valence-corrected chi connectivity index (χ2v) is 5.70. The molecule has 2 aromatic heterocycles. The van der Waals surface area contributed by atoms with Crippen LogP contribution in [0.1, 0.15) is 23.3 Å². The van der Waals surface area contributed by atoms with Gasteiger partial charge in [-0.25, -0.2) is 18.6 Å². The summed E-state index contributed by atoms with van der Waals surface area (Å²) < 4.78 is 29.9. The van der Waals surface area contributed by atoms with Crippen LogP contribution in [0.4, 0.5) is 8.78 Å². The largest absolute Gasteiger partial charge is 0.332 e. The van der Waals surface area contributed by atoms with E-state index >= 15 is 0 Å². The highest BCUT2D eigenvalue weighted by molar-refractivity contribution is 5.99. The molecule has 9 heteroatoms. The molecule has 1 atom stereocenters. The molecule has 25 heavy (non-hydrogen) atoms. The van der Waals surface area contributed by atoms with Crippen molar-refractivity contribution in [3.63, 3.8) is 0 Å². The summed E-state index contributed by atoms with van der Waals surface area (Å²) in [7, 11) is 2.78. The molecule has 0 amide bonds. The summed E-state index contributed by atoms with van der Waals surface area (Å²) in [6.07, 6.45) is 1.27. The van der Waals surface area contributed by atoms with Crippen molar-refractivity contribution in [2.24, 2.45) is 14.1 Å². The van der Waals surface area contributed by atoms with Gasteiger partial charge in [-0.05, 0) is 25.1 Å². The molecule has 0 aliphatic rings. The van der Waals surface area contributed by atoms with Gasteiger partial charge in [0.15, 0.2) is 28.6 Å². The summed E-state index contributed by atoms with van der Waals surface area (Å²) in [5.74, 6) is -2.71. The Bertz CT molecular complexity index is 1130. The number of carbonyl (C=O) groups excluding carboxylic acids is 1. The van der Waals surface area contributed by atoms with Gasteiger partial charge in [-0.1, -0.05) is 0 Å². The lowest BCUT2D eigenvalue weighted by Gasteiger charge is -2.14. The van der Waals surface area contributed by atoms with Crippen LogP contribution in [0.3, 0.4) is 0 Å². The van der Waals surface area contributed by atoms with Gasteiger partial charge in [0, 0.05) is 19.7 Å². The molecule has 7 nitrogen and oxygen atoms in total. The smallest absolute Gasteiger partial charge is 0.314 e. The number of imidazole rings is 1. The van der Waals surface area contributed by atoms with Crippen LogP contribution >= 0.6 is 0 Å². The number of ketones is 1. The van der Waals surface area contributed by atoms with Crippen LogP contribution < -0.4 is 11.2 Å². The zero-order valence-corrected chi connectivity index (χ0v) is 13.7. The van der Waals surface area contributed by atoms with Crippen molar-refractivity contribution >= 4 is 16.9 Å². The average molecular weight is 348 g/mol. The number of halogens is 2. The lowest BCUT2D eigenvalue weighted by atomic mass is 10.0. The topological polar surface area (TPSA) is 78.9 Å². The zero-order valence-electron chi connectivity index (χ0n) is 13.7. The van der Waals surface area contributed by atoms with E-state index < -0.39 is 34.7 Å². The van der Waals surface area contributed by atoms with E-state index in [9.17, 15) is 23.2 Å². The number of hydrogen-bond donors (Lipinski definition) is 0. The third kappa shape index (κ3) is 2.48. The average Bonchev–Trinajstić information content (AvgIpc) is 3.04. The maximum absolute atomic E-state index is 13.4. The minimum atomic E-state index is -1.13. The van der Waals surface area contributed by atoms with Crippen LogP contribution in [0.25, 0.3) is 11.2 Å². The van der Waals surface area contributed by atoms with Gasteiger partial charge in [0.1, 0.15) is 0 Å². The van der Waals surface area contributed by atoms with E-state index in [-0.39, 0.29) is 16.7 Å². The Kier molecular flexibility index (Phi) is 3.86. The fourth-order valence-corrected chi connectivity index (χ4v) is 2.67. The molecular formula is C16H14F2N4O3. The standard InChI is InChI=1S/C16H14F2N4O3/c1-8(13(23)9-4-5-10(17)11(18)6-9)22-7-19-14-12(22)15(24)21(3)16(25)20(14)2/h4-8H,1-3H3. The molecule has 1 aromatic carbocycles. The maximum atomic E-state index is 13.4. The molecule has 0 fully saturated rings. The second kappa shape index (κ2) is 5.76. The van der Waals surface area contributed by atoms with Gasteiger partial charge in [0.25, 0.3) is 5.56 Å². The van der Waals surface area contributed by atoms with Gasteiger partial charge in [0.05, 0.1) is 12.4 Å². The zero-order chi connectivity index (χ0) is 18.5. The molecule has 0 N–H and O–H groups in total. The molecule has 3 rings (SSSR count). The Labute approximate surface area is 139 Å². The summed E-state index contributed by atoms with van der Waals surface area (Å²) >= 11 is 0. The van der Waals surface area contributed by atoms with Gasteiger partial charge in [0.2, 0.25) is 0 Å². The maximum Gasteiger partial charge on any atom is 0.332 e. The summed E-state index contributed by atoms with van der Waals surface area (Å²) in [5.41, 5.74) is -0.955. The normalized spacial score (nSPS) is 12.5. The molecule has 0 saturated heterocycles. The minimum absolute atomic E-state index is 0.0325. The Hall–Kier alpha value is -3.10. The van der Waals surface area contributed by atoms with Gasteiger partial charge in [-0.2, -0.15) is 0 Å². The van der Waals surface area contributed by atoms with Gasteiger partial charge < -0.3 is 4.57 Å². The van der Waals surface area contributed by atoms with Crippen molar-refractivity contribution in [3.8, 4) is 0 Å². The monoisotopic (exact) mass is 348 g/mol. The van der Waals surface area contributed by atoms with Crippen molar-refractivity contribution in [1.82, 2.24) is 18.7 Å². The van der Waals surface area contributed by atoms with Crippen molar-refractivity contribution in [3.05, 3.63) is 62.6 Å². The predicted molar refractivity (Wildman–Crippen MR) is 85.6 cm³/mol. The Morgan fingerprint density at radius 2 is 1.80 bits per heavy atom.